The molecule has 7 heteroatoms. The summed E-state index contributed by atoms with van der Waals surface area (Å²) in [4.78, 5) is 17.9. The number of nitrogens with zero attached hydrogens (tertiary/aromatic N) is 1. The molecule has 1 aliphatic heterocycles. The third kappa shape index (κ3) is 7.01. The molecular weight excluding hydrogens is 597 g/mol. The molecule has 0 radical (unpaired) electrons. The number of fused-ring (bicyclic) bond motifs is 1. The molecule has 0 bridgehead atoms. The van der Waals surface area contributed by atoms with Crippen molar-refractivity contribution in [3.8, 4) is 33.8 Å². The van der Waals surface area contributed by atoms with Crippen molar-refractivity contribution in [1.82, 2.24) is 4.98 Å². The molecule has 1 aromatic heterocycles. The van der Waals surface area contributed by atoms with E-state index in [1.165, 1.54) is 17.7 Å². The Balaban J connectivity index is 1.53. The molecule has 0 N–H and O–H groups in total. The summed E-state index contributed by atoms with van der Waals surface area (Å²) in [5, 5.41) is 0.552. The second kappa shape index (κ2) is 13.5. The van der Waals surface area contributed by atoms with Crippen LogP contribution >= 0.6 is 15.9 Å². The van der Waals surface area contributed by atoms with Crippen LogP contribution in [0.3, 0.4) is 0 Å². The van der Waals surface area contributed by atoms with Crippen LogP contribution in [0.25, 0.3) is 22.3 Å². The summed E-state index contributed by atoms with van der Waals surface area (Å²) in [5.74, 6) is 1.14. The van der Waals surface area contributed by atoms with E-state index in [9.17, 15) is 9.18 Å². The molecule has 0 saturated carbocycles. The Kier molecular flexibility index (Phi) is 9.58. The van der Waals surface area contributed by atoms with Crippen LogP contribution < -0.4 is 9.47 Å². The molecule has 5 rings (SSSR count). The monoisotopic (exact) mass is 631 g/mol. The van der Waals surface area contributed by atoms with Crippen molar-refractivity contribution in [2.24, 2.45) is 0 Å². The minimum Gasteiger partial charge on any atom is -0.493 e. The smallest absolute Gasteiger partial charge is 0.310 e. The fraction of sp³-hybridized carbons (Fsp3) is 0.314. The van der Waals surface area contributed by atoms with Gasteiger partial charge in [-0.2, -0.15) is 0 Å². The number of ether oxygens (including phenoxy) is 3. The number of benzene rings is 3. The van der Waals surface area contributed by atoms with Crippen LogP contribution in [0, 0.1) is 12.7 Å². The van der Waals surface area contributed by atoms with Crippen LogP contribution in [-0.4, -0.2) is 30.3 Å². The summed E-state index contributed by atoms with van der Waals surface area (Å²) in [5.41, 5.74) is 8.69. The highest BCUT2D eigenvalue weighted by molar-refractivity contribution is 9.08. The third-order valence-corrected chi connectivity index (χ3v) is 7.84. The largest absolute Gasteiger partial charge is 0.493 e. The number of aromatic nitrogens is 1. The summed E-state index contributed by atoms with van der Waals surface area (Å²) in [7, 11) is 0. The minimum absolute atomic E-state index is 0.125. The van der Waals surface area contributed by atoms with E-state index in [-0.39, 0.29) is 24.3 Å². The molecule has 0 fully saturated rings. The Hall–Kier alpha value is -3.71. The standard InChI is InChI=1S/C35H35BrFNO4/c1-22(2)42-33(39)20-30-23(3)38-31(21-36)35(34(30)27-10-15-32-26(19-27)5-4-17-41-32)25-8-13-29(14-9-25)40-18-16-24-6-11-28(37)12-7-24/h6-15,19,22H,4-5,16-18,20-21H2,1-3H3. The van der Waals surface area contributed by atoms with Crippen molar-refractivity contribution in [3.63, 3.8) is 0 Å². The van der Waals surface area contributed by atoms with E-state index in [1.807, 2.05) is 51.1 Å². The Morgan fingerprint density at radius 3 is 2.48 bits per heavy atom. The zero-order valence-corrected chi connectivity index (χ0v) is 25.8. The summed E-state index contributed by atoms with van der Waals surface area (Å²) in [6.07, 6.45) is 2.52. The highest BCUT2D eigenvalue weighted by Crippen LogP contribution is 2.41. The number of halogens is 2. The maximum atomic E-state index is 13.2. The van der Waals surface area contributed by atoms with Gasteiger partial charge >= 0.3 is 5.97 Å². The summed E-state index contributed by atoms with van der Waals surface area (Å²) < 4.78 is 30.7. The van der Waals surface area contributed by atoms with Gasteiger partial charge in [-0.25, -0.2) is 4.39 Å². The lowest BCUT2D eigenvalue weighted by Gasteiger charge is -2.23. The van der Waals surface area contributed by atoms with Crippen LogP contribution in [0.4, 0.5) is 4.39 Å². The van der Waals surface area contributed by atoms with E-state index < -0.39 is 0 Å². The van der Waals surface area contributed by atoms with Crippen molar-refractivity contribution in [2.75, 3.05) is 13.2 Å². The van der Waals surface area contributed by atoms with E-state index in [1.54, 1.807) is 12.1 Å². The molecule has 0 saturated heterocycles. The maximum absolute atomic E-state index is 13.2. The van der Waals surface area contributed by atoms with Crippen molar-refractivity contribution in [3.05, 3.63) is 101 Å². The topological polar surface area (TPSA) is 57.7 Å². The molecule has 1 aliphatic rings. The molecule has 0 aliphatic carbocycles. The number of alkyl halides is 1. The second-order valence-electron chi connectivity index (χ2n) is 10.7. The van der Waals surface area contributed by atoms with Crippen molar-refractivity contribution >= 4 is 21.9 Å². The first kappa shape index (κ1) is 29.8. The quantitative estimate of drug-likeness (QED) is 0.130. The minimum atomic E-state index is -0.278. The van der Waals surface area contributed by atoms with Gasteiger partial charge in [0.05, 0.1) is 31.4 Å². The lowest BCUT2D eigenvalue weighted by atomic mass is 9.86. The predicted octanol–water partition coefficient (Wildman–Crippen LogP) is 8.20. The third-order valence-electron chi connectivity index (χ3n) is 7.31. The van der Waals surface area contributed by atoms with Crippen LogP contribution in [0.2, 0.25) is 0 Å². The lowest BCUT2D eigenvalue weighted by molar-refractivity contribution is -0.146. The normalized spacial score (nSPS) is 12.5. The number of rotatable bonds is 10. The van der Waals surface area contributed by atoms with Gasteiger partial charge in [0.25, 0.3) is 0 Å². The van der Waals surface area contributed by atoms with Crippen molar-refractivity contribution < 1.29 is 23.4 Å². The van der Waals surface area contributed by atoms with Crippen LogP contribution in [-0.2, 0) is 34.1 Å². The van der Waals surface area contributed by atoms with Gasteiger partial charge in [0.2, 0.25) is 0 Å². The highest BCUT2D eigenvalue weighted by Gasteiger charge is 2.24. The van der Waals surface area contributed by atoms with E-state index in [2.05, 4.69) is 28.1 Å². The fourth-order valence-electron chi connectivity index (χ4n) is 5.36. The molecule has 0 spiro atoms. The van der Waals surface area contributed by atoms with Gasteiger partial charge in [0, 0.05) is 23.0 Å². The number of pyridine rings is 1. The van der Waals surface area contributed by atoms with Crippen LogP contribution in [0.1, 0.15) is 48.3 Å². The molecule has 42 heavy (non-hydrogen) atoms. The van der Waals surface area contributed by atoms with Gasteiger partial charge in [0.15, 0.2) is 0 Å². The zero-order valence-electron chi connectivity index (χ0n) is 24.2. The average Bonchev–Trinajstić information content (AvgIpc) is 2.98. The molecule has 4 aromatic rings. The summed E-state index contributed by atoms with van der Waals surface area (Å²) in [6, 6.07) is 20.7. The van der Waals surface area contributed by atoms with Gasteiger partial charge in [-0.05, 0) is 103 Å². The molecule has 218 valence electrons. The van der Waals surface area contributed by atoms with Gasteiger partial charge in [-0.3, -0.25) is 9.78 Å². The van der Waals surface area contributed by atoms with Gasteiger partial charge < -0.3 is 14.2 Å². The number of esters is 1. The second-order valence-corrected chi connectivity index (χ2v) is 11.3. The predicted molar refractivity (Wildman–Crippen MR) is 167 cm³/mol. The first-order valence-electron chi connectivity index (χ1n) is 14.3. The van der Waals surface area contributed by atoms with Crippen molar-refractivity contribution in [1.29, 1.82) is 0 Å². The molecule has 5 nitrogen and oxygen atoms in total. The maximum Gasteiger partial charge on any atom is 0.310 e. The fourth-order valence-corrected chi connectivity index (χ4v) is 5.77. The van der Waals surface area contributed by atoms with Crippen molar-refractivity contribution in [2.45, 2.75) is 57.9 Å². The summed E-state index contributed by atoms with van der Waals surface area (Å²) >= 11 is 3.67. The zero-order chi connectivity index (χ0) is 29.6. The van der Waals surface area contributed by atoms with Crippen LogP contribution in [0.5, 0.6) is 11.5 Å². The average molecular weight is 633 g/mol. The summed E-state index contributed by atoms with van der Waals surface area (Å²) in [6.45, 7) is 6.88. The Morgan fingerprint density at radius 1 is 1.02 bits per heavy atom. The lowest BCUT2D eigenvalue weighted by Crippen LogP contribution is -2.16. The number of hydrogen-bond acceptors (Lipinski definition) is 5. The van der Waals surface area contributed by atoms with Gasteiger partial charge in [0.1, 0.15) is 17.3 Å². The van der Waals surface area contributed by atoms with Gasteiger partial charge in [-0.15, -0.1) is 0 Å². The first-order chi connectivity index (χ1) is 20.3. The molecule has 2 heterocycles. The van der Waals surface area contributed by atoms with E-state index >= 15 is 0 Å². The van der Waals surface area contributed by atoms with Gasteiger partial charge in [-0.1, -0.05) is 46.3 Å². The molecular formula is C35H35BrFNO4. The van der Waals surface area contributed by atoms with E-state index in [0.29, 0.717) is 18.4 Å². The molecule has 0 atom stereocenters. The SMILES string of the molecule is Cc1nc(CBr)c(-c2ccc(OCCc3ccc(F)cc3)cc2)c(-c2ccc3c(c2)CCCO3)c1CC(=O)OC(C)C. The highest BCUT2D eigenvalue weighted by atomic mass is 79.9. The Labute approximate surface area is 255 Å². The first-order valence-corrected chi connectivity index (χ1v) is 15.5. The number of carbonyl (C=O) groups is 1. The Morgan fingerprint density at radius 2 is 1.76 bits per heavy atom. The molecule has 0 unspecified atom stereocenters. The van der Waals surface area contributed by atoms with E-state index in [4.69, 9.17) is 19.2 Å². The Bertz CT molecular complexity index is 1550. The number of hydrogen-bond donors (Lipinski definition) is 0. The van der Waals surface area contributed by atoms with Crippen LogP contribution in [0.15, 0.2) is 66.7 Å². The number of aryl methyl sites for hydroxylation is 2. The molecule has 3 aromatic carbocycles. The molecule has 0 amide bonds. The van der Waals surface area contributed by atoms with E-state index in [0.717, 1.165) is 75.7 Å². The number of carbonyl (C=O) groups excluding carboxylic acids is 1.